The summed E-state index contributed by atoms with van der Waals surface area (Å²) in [5, 5.41) is 8.60. The van der Waals surface area contributed by atoms with Gasteiger partial charge in [0, 0.05) is 18.7 Å². The molecule has 0 saturated carbocycles. The number of esters is 1. The zero-order chi connectivity index (χ0) is 10.3. The van der Waals surface area contributed by atoms with Gasteiger partial charge >= 0.3 is 5.97 Å². The number of carbonyl (C=O) groups excluding carboxylic acids is 1. The van der Waals surface area contributed by atoms with Crippen molar-refractivity contribution in [2.24, 2.45) is 0 Å². The highest BCUT2D eigenvalue weighted by Gasteiger charge is 2.09. The predicted molar refractivity (Wildman–Crippen MR) is 50.4 cm³/mol. The summed E-state index contributed by atoms with van der Waals surface area (Å²) in [7, 11) is 1.81. The molecule has 1 N–H and O–H groups in total. The predicted octanol–water partition coefficient (Wildman–Crippen LogP) is 0.0298. The van der Waals surface area contributed by atoms with Gasteiger partial charge in [-0.3, -0.25) is 4.90 Å². The second-order valence-corrected chi connectivity index (χ2v) is 2.79. The number of hydrogen-bond acceptors (Lipinski definition) is 4. The summed E-state index contributed by atoms with van der Waals surface area (Å²) in [6.45, 7) is 6.75. The van der Waals surface area contributed by atoms with Gasteiger partial charge < -0.3 is 9.84 Å². The lowest BCUT2D eigenvalue weighted by Crippen LogP contribution is -2.27. The van der Waals surface area contributed by atoms with E-state index in [1.165, 1.54) is 0 Å². The number of hydrogen-bond donors (Lipinski definition) is 1. The molecular formula is C9H17NO3. The Morgan fingerprint density at radius 1 is 1.62 bits per heavy atom. The number of ether oxygens (including phenoxy) is 1. The van der Waals surface area contributed by atoms with Crippen LogP contribution in [0.2, 0.25) is 0 Å². The molecule has 0 amide bonds. The van der Waals surface area contributed by atoms with E-state index in [2.05, 4.69) is 6.58 Å². The average molecular weight is 187 g/mol. The van der Waals surface area contributed by atoms with Gasteiger partial charge in [-0.25, -0.2) is 4.79 Å². The molecule has 0 spiro atoms. The Morgan fingerprint density at radius 2 is 2.23 bits per heavy atom. The minimum absolute atomic E-state index is 0.0760. The van der Waals surface area contributed by atoms with E-state index >= 15 is 0 Å². The highest BCUT2D eigenvalue weighted by atomic mass is 16.5. The van der Waals surface area contributed by atoms with Crippen molar-refractivity contribution in [2.45, 2.75) is 6.92 Å². The monoisotopic (exact) mass is 187 g/mol. The maximum Gasteiger partial charge on any atom is 0.334 e. The Bertz CT molecular complexity index is 180. The summed E-state index contributed by atoms with van der Waals surface area (Å²) in [4.78, 5) is 12.9. The van der Waals surface area contributed by atoms with Gasteiger partial charge in [-0.15, -0.1) is 0 Å². The van der Waals surface area contributed by atoms with Crippen LogP contribution < -0.4 is 0 Å². The van der Waals surface area contributed by atoms with Crippen molar-refractivity contribution in [1.82, 2.24) is 4.90 Å². The van der Waals surface area contributed by atoms with Crippen molar-refractivity contribution in [2.75, 3.05) is 33.4 Å². The van der Waals surface area contributed by atoms with Crippen LogP contribution in [-0.2, 0) is 9.53 Å². The Balaban J connectivity index is 3.78. The number of aliphatic hydroxyl groups excluding tert-OH is 1. The van der Waals surface area contributed by atoms with Crippen molar-refractivity contribution in [1.29, 1.82) is 0 Å². The molecule has 0 aliphatic heterocycles. The molecule has 0 aromatic carbocycles. The van der Waals surface area contributed by atoms with Gasteiger partial charge in [-0.05, 0) is 14.0 Å². The maximum atomic E-state index is 11.1. The van der Waals surface area contributed by atoms with E-state index in [-0.39, 0.29) is 12.6 Å². The van der Waals surface area contributed by atoms with E-state index < -0.39 is 0 Å². The fourth-order valence-electron chi connectivity index (χ4n) is 0.873. The van der Waals surface area contributed by atoms with Crippen LogP contribution in [0.1, 0.15) is 6.92 Å². The summed E-state index contributed by atoms with van der Waals surface area (Å²) >= 11 is 0. The second-order valence-electron chi connectivity index (χ2n) is 2.79. The van der Waals surface area contributed by atoms with Gasteiger partial charge in [0.05, 0.1) is 13.2 Å². The molecule has 13 heavy (non-hydrogen) atoms. The zero-order valence-corrected chi connectivity index (χ0v) is 8.25. The second kappa shape index (κ2) is 6.62. The van der Waals surface area contributed by atoms with Crippen LogP contribution in [0.3, 0.4) is 0 Å². The number of aliphatic hydroxyl groups is 1. The topological polar surface area (TPSA) is 49.8 Å². The normalized spacial score (nSPS) is 10.2. The quantitative estimate of drug-likeness (QED) is 0.471. The molecule has 0 bridgehead atoms. The molecule has 0 rings (SSSR count). The standard InChI is InChI=1S/C9H17NO3/c1-4-13-9(12)8(2)7-10(3)5-6-11/h11H,2,4-7H2,1,3H3. The minimum Gasteiger partial charge on any atom is -0.463 e. The SMILES string of the molecule is C=C(CN(C)CCO)C(=O)OCC. The Kier molecular flexibility index (Phi) is 6.18. The van der Waals surface area contributed by atoms with Crippen LogP contribution in [0.5, 0.6) is 0 Å². The first kappa shape index (κ1) is 12.1. The Labute approximate surface area is 78.8 Å². The third kappa shape index (κ3) is 5.38. The van der Waals surface area contributed by atoms with Gasteiger partial charge in [0.15, 0.2) is 0 Å². The molecule has 0 aliphatic rings. The lowest BCUT2D eigenvalue weighted by molar-refractivity contribution is -0.138. The Morgan fingerprint density at radius 3 is 2.69 bits per heavy atom. The molecule has 0 aromatic heterocycles. The van der Waals surface area contributed by atoms with E-state index in [4.69, 9.17) is 9.84 Å². The summed E-state index contributed by atoms with van der Waals surface area (Å²) in [5.74, 6) is -0.368. The molecule has 0 aliphatic carbocycles. The molecule has 76 valence electrons. The van der Waals surface area contributed by atoms with Crippen molar-refractivity contribution in [3.63, 3.8) is 0 Å². The van der Waals surface area contributed by atoms with Crippen molar-refractivity contribution in [3.8, 4) is 0 Å². The first-order valence-electron chi connectivity index (χ1n) is 4.26. The lowest BCUT2D eigenvalue weighted by atomic mass is 10.3. The summed E-state index contributed by atoms with van der Waals surface area (Å²) in [6, 6.07) is 0. The van der Waals surface area contributed by atoms with Crippen molar-refractivity contribution >= 4 is 5.97 Å². The average Bonchev–Trinajstić information content (AvgIpc) is 2.05. The van der Waals surface area contributed by atoms with Crippen LogP contribution in [0.15, 0.2) is 12.2 Å². The number of likely N-dealkylation sites (N-methyl/N-ethyl adjacent to an activating group) is 1. The summed E-state index contributed by atoms with van der Waals surface area (Å²) in [5.41, 5.74) is 0.415. The van der Waals surface area contributed by atoms with Crippen LogP contribution in [-0.4, -0.2) is 49.3 Å². The molecule has 0 saturated heterocycles. The molecule has 4 heteroatoms. The van der Waals surface area contributed by atoms with E-state index in [1.807, 2.05) is 0 Å². The zero-order valence-electron chi connectivity index (χ0n) is 8.25. The van der Waals surface area contributed by atoms with E-state index in [9.17, 15) is 4.79 Å². The van der Waals surface area contributed by atoms with Gasteiger partial charge in [-0.2, -0.15) is 0 Å². The lowest BCUT2D eigenvalue weighted by Gasteiger charge is -2.15. The van der Waals surface area contributed by atoms with E-state index in [0.29, 0.717) is 25.3 Å². The third-order valence-corrected chi connectivity index (χ3v) is 1.51. The van der Waals surface area contributed by atoms with Crippen molar-refractivity contribution < 1.29 is 14.6 Å². The van der Waals surface area contributed by atoms with E-state index in [1.54, 1.807) is 18.9 Å². The fourth-order valence-corrected chi connectivity index (χ4v) is 0.873. The molecule has 4 nitrogen and oxygen atoms in total. The molecule has 0 atom stereocenters. The smallest absolute Gasteiger partial charge is 0.334 e. The minimum atomic E-state index is -0.368. The molecule has 0 heterocycles. The highest BCUT2D eigenvalue weighted by molar-refractivity contribution is 5.88. The summed E-state index contributed by atoms with van der Waals surface area (Å²) in [6.07, 6.45) is 0. The van der Waals surface area contributed by atoms with Crippen LogP contribution in [0, 0.1) is 0 Å². The van der Waals surface area contributed by atoms with Crippen molar-refractivity contribution in [3.05, 3.63) is 12.2 Å². The third-order valence-electron chi connectivity index (χ3n) is 1.51. The molecule has 0 unspecified atom stereocenters. The van der Waals surface area contributed by atoms with Crippen LogP contribution in [0.4, 0.5) is 0 Å². The first-order chi connectivity index (χ1) is 6.11. The molecular weight excluding hydrogens is 170 g/mol. The summed E-state index contributed by atoms with van der Waals surface area (Å²) < 4.78 is 4.76. The maximum absolute atomic E-state index is 11.1. The molecule has 0 radical (unpaired) electrons. The number of rotatable bonds is 6. The highest BCUT2D eigenvalue weighted by Crippen LogP contribution is 1.97. The first-order valence-corrected chi connectivity index (χ1v) is 4.26. The van der Waals surface area contributed by atoms with Crippen LogP contribution >= 0.6 is 0 Å². The number of carbonyl (C=O) groups is 1. The molecule has 0 fully saturated rings. The van der Waals surface area contributed by atoms with Crippen LogP contribution in [0.25, 0.3) is 0 Å². The molecule has 0 aromatic rings. The fraction of sp³-hybridized carbons (Fsp3) is 0.667. The van der Waals surface area contributed by atoms with Gasteiger partial charge in [0.2, 0.25) is 0 Å². The van der Waals surface area contributed by atoms with Gasteiger partial charge in [0.25, 0.3) is 0 Å². The van der Waals surface area contributed by atoms with Gasteiger partial charge in [-0.1, -0.05) is 6.58 Å². The number of nitrogens with zero attached hydrogens (tertiary/aromatic N) is 1. The Hall–Kier alpha value is -0.870. The van der Waals surface area contributed by atoms with Gasteiger partial charge in [0.1, 0.15) is 0 Å². The van der Waals surface area contributed by atoms with E-state index in [0.717, 1.165) is 0 Å². The largest absolute Gasteiger partial charge is 0.463 e.